The number of sulfonamides is 1. The molecule has 2 aromatic rings. The van der Waals surface area contributed by atoms with E-state index in [4.69, 9.17) is 32.6 Å². The fourth-order valence-corrected chi connectivity index (χ4v) is 5.98. The van der Waals surface area contributed by atoms with Crippen LogP contribution in [0.1, 0.15) is 5.56 Å². The number of halogens is 2. The van der Waals surface area contributed by atoms with E-state index in [1.807, 2.05) is 6.07 Å². The molecule has 3 rings (SSSR count). The van der Waals surface area contributed by atoms with E-state index in [9.17, 15) is 12.6 Å². The van der Waals surface area contributed by atoms with Crippen molar-refractivity contribution in [1.29, 1.82) is 5.26 Å². The summed E-state index contributed by atoms with van der Waals surface area (Å²) >= 11 is 9.66. The van der Waals surface area contributed by atoms with Gasteiger partial charge in [-0.15, -0.1) is 0 Å². The van der Waals surface area contributed by atoms with Gasteiger partial charge in [-0.05, 0) is 24.3 Å². The SMILES string of the molecule is N#Cc1ccc(S(=O)Oc2cc(Cl)cc(Cl)c2)c(S(=O)(=O)N2CCNCC2)c1. The minimum Gasteiger partial charge on any atom is -0.397 e. The van der Waals surface area contributed by atoms with Crippen molar-refractivity contribution in [1.82, 2.24) is 9.62 Å². The summed E-state index contributed by atoms with van der Waals surface area (Å²) < 4.78 is 45.7. The van der Waals surface area contributed by atoms with Crippen LogP contribution in [0.5, 0.6) is 5.75 Å². The third kappa shape index (κ3) is 4.66. The standard InChI is InChI=1S/C17H15Cl2N3O4S2/c18-13-8-14(19)10-15(9-13)26-27(23)16-2-1-12(11-20)7-17(16)28(24,25)22-5-3-21-4-6-22/h1-2,7-10,21H,3-6H2. The lowest BCUT2D eigenvalue weighted by molar-refractivity contribution is 0.359. The van der Waals surface area contributed by atoms with E-state index in [1.54, 1.807) is 0 Å². The third-order valence-corrected chi connectivity index (χ3v) is 7.52. The van der Waals surface area contributed by atoms with Crippen LogP contribution in [-0.4, -0.2) is 43.1 Å². The first-order valence-corrected chi connectivity index (χ1v) is 11.4. The molecular formula is C17H15Cl2N3O4S2. The van der Waals surface area contributed by atoms with Crippen molar-refractivity contribution in [2.24, 2.45) is 0 Å². The summed E-state index contributed by atoms with van der Waals surface area (Å²) in [5.74, 6) is 0.130. The smallest absolute Gasteiger partial charge is 0.244 e. The van der Waals surface area contributed by atoms with Gasteiger partial charge in [0.25, 0.3) is 0 Å². The zero-order chi connectivity index (χ0) is 20.3. The molecule has 28 heavy (non-hydrogen) atoms. The van der Waals surface area contributed by atoms with Gasteiger partial charge in [0.05, 0.1) is 16.5 Å². The molecule has 0 spiro atoms. The van der Waals surface area contributed by atoms with E-state index in [0.717, 1.165) is 0 Å². The fraction of sp³-hybridized carbons (Fsp3) is 0.235. The molecule has 0 aliphatic carbocycles. The Morgan fingerprint density at radius 3 is 2.36 bits per heavy atom. The fourth-order valence-electron chi connectivity index (χ4n) is 2.65. The van der Waals surface area contributed by atoms with Crippen LogP contribution in [0.4, 0.5) is 0 Å². The molecule has 0 amide bonds. The second-order valence-electron chi connectivity index (χ2n) is 5.85. The number of rotatable bonds is 5. The molecule has 148 valence electrons. The van der Waals surface area contributed by atoms with Crippen LogP contribution in [0.3, 0.4) is 0 Å². The molecule has 11 heteroatoms. The van der Waals surface area contributed by atoms with Gasteiger partial charge in [0, 0.05) is 48.4 Å². The van der Waals surface area contributed by atoms with Crippen molar-refractivity contribution in [2.45, 2.75) is 9.79 Å². The summed E-state index contributed by atoms with van der Waals surface area (Å²) in [6, 6.07) is 10.1. The number of hydrogen-bond acceptors (Lipinski definition) is 6. The van der Waals surface area contributed by atoms with Crippen molar-refractivity contribution in [2.75, 3.05) is 26.2 Å². The van der Waals surface area contributed by atoms with Gasteiger partial charge in [-0.25, -0.2) is 12.6 Å². The number of nitrogens with one attached hydrogen (secondary N) is 1. The summed E-state index contributed by atoms with van der Waals surface area (Å²) in [6.45, 7) is 1.56. The molecule has 0 saturated carbocycles. The Balaban J connectivity index is 2.01. The quantitative estimate of drug-likeness (QED) is 0.737. The lowest BCUT2D eigenvalue weighted by Gasteiger charge is -2.27. The maximum Gasteiger partial charge on any atom is 0.244 e. The van der Waals surface area contributed by atoms with E-state index in [0.29, 0.717) is 13.1 Å². The molecule has 1 aliphatic rings. The normalized spacial score (nSPS) is 16.3. The lowest BCUT2D eigenvalue weighted by atomic mass is 10.2. The molecule has 2 aromatic carbocycles. The molecule has 1 fully saturated rings. The number of piperazine rings is 1. The summed E-state index contributed by atoms with van der Waals surface area (Å²) in [5.41, 5.74) is 0.139. The van der Waals surface area contributed by atoms with Crippen LogP contribution in [-0.2, 0) is 21.1 Å². The van der Waals surface area contributed by atoms with E-state index in [-0.39, 0.29) is 44.2 Å². The second kappa shape index (κ2) is 8.78. The average Bonchev–Trinajstić information content (AvgIpc) is 2.67. The first-order valence-electron chi connectivity index (χ1n) is 8.12. The first kappa shape index (κ1) is 21.0. The van der Waals surface area contributed by atoms with Crippen LogP contribution in [0.25, 0.3) is 0 Å². The van der Waals surface area contributed by atoms with E-state index in [2.05, 4.69) is 5.32 Å². The summed E-state index contributed by atoms with van der Waals surface area (Å²) in [6.07, 6.45) is 0. The van der Waals surface area contributed by atoms with Gasteiger partial charge in [-0.1, -0.05) is 23.2 Å². The van der Waals surface area contributed by atoms with Crippen molar-refractivity contribution >= 4 is 44.3 Å². The Kier molecular flexibility index (Phi) is 6.60. The monoisotopic (exact) mass is 459 g/mol. The minimum atomic E-state index is -3.96. The van der Waals surface area contributed by atoms with Gasteiger partial charge in [-0.2, -0.15) is 9.57 Å². The van der Waals surface area contributed by atoms with Crippen LogP contribution in [0.15, 0.2) is 46.2 Å². The number of nitrogens with zero attached hydrogens (tertiary/aromatic N) is 2. The Hall–Kier alpha value is -1.67. The largest absolute Gasteiger partial charge is 0.397 e. The van der Waals surface area contributed by atoms with Crippen LogP contribution in [0, 0.1) is 11.3 Å². The Morgan fingerprint density at radius 1 is 1.11 bits per heavy atom. The molecule has 7 nitrogen and oxygen atoms in total. The molecule has 0 radical (unpaired) electrons. The Morgan fingerprint density at radius 2 is 1.75 bits per heavy atom. The van der Waals surface area contributed by atoms with Crippen LogP contribution >= 0.6 is 23.2 Å². The van der Waals surface area contributed by atoms with Gasteiger partial charge in [0.1, 0.15) is 10.6 Å². The number of nitriles is 1. The highest BCUT2D eigenvalue weighted by molar-refractivity contribution is 7.90. The molecule has 1 unspecified atom stereocenters. The summed E-state index contributed by atoms with van der Waals surface area (Å²) in [4.78, 5) is -0.284. The molecule has 1 saturated heterocycles. The second-order valence-corrected chi connectivity index (χ2v) is 9.71. The average molecular weight is 460 g/mol. The number of hydrogen-bond donors (Lipinski definition) is 1. The molecule has 1 aliphatic heterocycles. The highest BCUT2D eigenvalue weighted by Gasteiger charge is 2.31. The van der Waals surface area contributed by atoms with Crippen LogP contribution in [0.2, 0.25) is 10.0 Å². The Labute approximate surface area is 175 Å². The maximum atomic E-state index is 13.1. The first-order chi connectivity index (χ1) is 13.3. The van der Waals surface area contributed by atoms with E-state index >= 15 is 0 Å². The minimum absolute atomic E-state index is 0.0615. The summed E-state index contributed by atoms with van der Waals surface area (Å²) in [5, 5.41) is 12.8. The molecule has 1 heterocycles. The van der Waals surface area contributed by atoms with E-state index in [1.165, 1.54) is 40.7 Å². The van der Waals surface area contributed by atoms with Gasteiger partial charge in [0.2, 0.25) is 21.1 Å². The molecule has 0 aromatic heterocycles. The van der Waals surface area contributed by atoms with Gasteiger partial charge >= 0.3 is 0 Å². The van der Waals surface area contributed by atoms with E-state index < -0.39 is 21.1 Å². The zero-order valence-corrected chi connectivity index (χ0v) is 17.5. The summed E-state index contributed by atoms with van der Waals surface area (Å²) in [7, 11) is -3.96. The maximum absolute atomic E-state index is 13.1. The predicted molar refractivity (Wildman–Crippen MR) is 106 cm³/mol. The van der Waals surface area contributed by atoms with Crippen LogP contribution < -0.4 is 9.50 Å². The van der Waals surface area contributed by atoms with Gasteiger partial charge in [0.15, 0.2) is 0 Å². The lowest BCUT2D eigenvalue weighted by Crippen LogP contribution is -2.46. The van der Waals surface area contributed by atoms with Crippen molar-refractivity contribution < 1.29 is 16.8 Å². The Bertz CT molecular complexity index is 1040. The highest BCUT2D eigenvalue weighted by Crippen LogP contribution is 2.29. The highest BCUT2D eigenvalue weighted by atomic mass is 35.5. The molecule has 0 bridgehead atoms. The van der Waals surface area contributed by atoms with Gasteiger partial charge in [-0.3, -0.25) is 0 Å². The third-order valence-electron chi connectivity index (χ3n) is 3.95. The molecule has 1 atom stereocenters. The zero-order valence-electron chi connectivity index (χ0n) is 14.4. The predicted octanol–water partition coefficient (Wildman–Crippen LogP) is 2.56. The topological polar surface area (TPSA) is 99.5 Å². The van der Waals surface area contributed by atoms with Crippen molar-refractivity contribution in [3.05, 3.63) is 52.0 Å². The van der Waals surface area contributed by atoms with Gasteiger partial charge < -0.3 is 9.50 Å². The van der Waals surface area contributed by atoms with Crippen molar-refractivity contribution in [3.63, 3.8) is 0 Å². The van der Waals surface area contributed by atoms with Crippen molar-refractivity contribution in [3.8, 4) is 11.8 Å². The number of benzene rings is 2. The molecular weight excluding hydrogens is 445 g/mol. The molecule has 1 N–H and O–H groups in total.